The summed E-state index contributed by atoms with van der Waals surface area (Å²) >= 11 is 0. The highest BCUT2D eigenvalue weighted by molar-refractivity contribution is 6.28. The Morgan fingerprint density at radius 2 is 1.77 bits per heavy atom. The van der Waals surface area contributed by atoms with Crippen molar-refractivity contribution >= 4 is 11.4 Å². The minimum Gasteiger partial charge on any atom is -0.508 e. The third-order valence-corrected chi connectivity index (χ3v) is 1.95. The van der Waals surface area contributed by atoms with E-state index in [-0.39, 0.29) is 11.5 Å². The molecule has 1 aliphatic carbocycles. The fourth-order valence-electron chi connectivity index (χ4n) is 1.28. The maximum atomic E-state index is 11.2. The number of phenolic OH excluding ortho intramolecular Hbond substituents is 1. The molecule has 0 bridgehead atoms. The average molecular weight is 172 g/mol. The van der Waals surface area contributed by atoms with Crippen LogP contribution in [0, 0.1) is 0 Å². The van der Waals surface area contributed by atoms with Crippen molar-refractivity contribution in [1.82, 2.24) is 0 Å². The van der Waals surface area contributed by atoms with E-state index in [1.54, 1.807) is 36.4 Å². The number of carbonyl (C=O) groups excluding carboxylic acids is 1. The van der Waals surface area contributed by atoms with E-state index in [2.05, 4.69) is 0 Å². The maximum absolute atomic E-state index is 11.2. The van der Waals surface area contributed by atoms with Crippen molar-refractivity contribution in [3.05, 3.63) is 48.1 Å². The van der Waals surface area contributed by atoms with Gasteiger partial charge in [0.25, 0.3) is 0 Å². The van der Waals surface area contributed by atoms with E-state index in [0.717, 1.165) is 5.56 Å². The highest BCUT2D eigenvalue weighted by Gasteiger charge is 2.11. The van der Waals surface area contributed by atoms with E-state index in [0.29, 0.717) is 5.57 Å². The lowest BCUT2D eigenvalue weighted by Gasteiger charge is -2.00. The zero-order valence-electron chi connectivity index (χ0n) is 6.90. The highest BCUT2D eigenvalue weighted by Crippen LogP contribution is 2.21. The zero-order chi connectivity index (χ0) is 9.26. The lowest BCUT2D eigenvalue weighted by atomic mass is 10.0. The monoisotopic (exact) mass is 172 g/mol. The van der Waals surface area contributed by atoms with Crippen LogP contribution in [0.3, 0.4) is 0 Å². The summed E-state index contributed by atoms with van der Waals surface area (Å²) in [6, 6.07) is 6.60. The van der Waals surface area contributed by atoms with Gasteiger partial charge in [0, 0.05) is 5.57 Å². The van der Waals surface area contributed by atoms with Gasteiger partial charge >= 0.3 is 0 Å². The van der Waals surface area contributed by atoms with E-state index in [1.165, 1.54) is 6.08 Å². The Morgan fingerprint density at radius 1 is 1.08 bits per heavy atom. The standard InChI is InChI=1S/C11H8O2/c12-9-6-4-8(5-7-9)10-2-1-3-11(10)13/h1-7,12H. The third-order valence-electron chi connectivity index (χ3n) is 1.95. The van der Waals surface area contributed by atoms with Crippen molar-refractivity contribution in [1.29, 1.82) is 0 Å². The van der Waals surface area contributed by atoms with Crippen LogP contribution in [0.2, 0.25) is 0 Å². The molecular weight excluding hydrogens is 164 g/mol. The fourth-order valence-corrected chi connectivity index (χ4v) is 1.28. The van der Waals surface area contributed by atoms with Gasteiger partial charge in [0.1, 0.15) is 5.75 Å². The van der Waals surface area contributed by atoms with Crippen LogP contribution < -0.4 is 0 Å². The number of hydrogen-bond donors (Lipinski definition) is 1. The van der Waals surface area contributed by atoms with Gasteiger partial charge in [-0.3, -0.25) is 4.79 Å². The molecule has 1 aliphatic rings. The van der Waals surface area contributed by atoms with Crippen LogP contribution in [0.4, 0.5) is 0 Å². The predicted molar refractivity (Wildman–Crippen MR) is 50.2 cm³/mol. The number of benzene rings is 1. The largest absolute Gasteiger partial charge is 0.508 e. The number of carbonyl (C=O) groups is 1. The molecule has 0 heterocycles. The maximum Gasteiger partial charge on any atom is 0.186 e. The van der Waals surface area contributed by atoms with Gasteiger partial charge in [-0.15, -0.1) is 0 Å². The van der Waals surface area contributed by atoms with Gasteiger partial charge in [-0.2, -0.15) is 0 Å². The first kappa shape index (κ1) is 7.80. The van der Waals surface area contributed by atoms with Crippen molar-refractivity contribution in [3.8, 4) is 5.75 Å². The second-order valence-electron chi connectivity index (χ2n) is 2.85. The lowest BCUT2D eigenvalue weighted by Crippen LogP contribution is -1.92. The summed E-state index contributed by atoms with van der Waals surface area (Å²) in [7, 11) is 0. The van der Waals surface area contributed by atoms with Gasteiger partial charge in [-0.1, -0.05) is 24.3 Å². The van der Waals surface area contributed by atoms with Crippen LogP contribution >= 0.6 is 0 Å². The minimum atomic E-state index is 0.0192. The first-order chi connectivity index (χ1) is 6.27. The summed E-state index contributed by atoms with van der Waals surface area (Å²) in [5.74, 6) is 0.230. The first-order valence-electron chi connectivity index (χ1n) is 3.99. The summed E-state index contributed by atoms with van der Waals surface area (Å²) in [4.78, 5) is 11.2. The van der Waals surface area contributed by atoms with Gasteiger partial charge in [-0.05, 0) is 23.8 Å². The molecule has 0 unspecified atom stereocenters. The molecule has 0 saturated carbocycles. The van der Waals surface area contributed by atoms with Crippen LogP contribution in [0.25, 0.3) is 5.57 Å². The number of hydrogen-bond acceptors (Lipinski definition) is 2. The van der Waals surface area contributed by atoms with Crippen molar-refractivity contribution in [2.24, 2.45) is 0 Å². The summed E-state index contributed by atoms with van der Waals surface area (Å²) in [5.41, 5.74) is 1.52. The molecule has 2 heteroatoms. The number of allylic oxidation sites excluding steroid dienone is 4. The van der Waals surface area contributed by atoms with Crippen LogP contribution in [0.5, 0.6) is 5.75 Å². The topological polar surface area (TPSA) is 37.3 Å². The van der Waals surface area contributed by atoms with Crippen LogP contribution in [0.1, 0.15) is 5.56 Å². The SMILES string of the molecule is O=C1C=CC=C1c1ccc(O)cc1. The summed E-state index contributed by atoms with van der Waals surface area (Å²) in [6.45, 7) is 0. The molecule has 0 spiro atoms. The molecule has 0 fully saturated rings. The van der Waals surface area contributed by atoms with Crippen molar-refractivity contribution in [2.45, 2.75) is 0 Å². The van der Waals surface area contributed by atoms with Gasteiger partial charge in [0.05, 0.1) is 0 Å². The van der Waals surface area contributed by atoms with Crippen molar-refractivity contribution < 1.29 is 9.90 Å². The van der Waals surface area contributed by atoms with E-state index < -0.39 is 0 Å². The van der Waals surface area contributed by atoms with Gasteiger partial charge in [0.2, 0.25) is 0 Å². The van der Waals surface area contributed by atoms with Gasteiger partial charge < -0.3 is 5.11 Å². The smallest absolute Gasteiger partial charge is 0.186 e. The Hall–Kier alpha value is -1.83. The molecule has 0 radical (unpaired) electrons. The zero-order valence-corrected chi connectivity index (χ0v) is 6.90. The normalized spacial score (nSPS) is 14.8. The Kier molecular flexibility index (Phi) is 1.74. The summed E-state index contributed by atoms with van der Waals surface area (Å²) in [6.07, 6.45) is 5.03. The Balaban J connectivity index is 2.38. The Labute approximate surface area is 75.8 Å². The summed E-state index contributed by atoms with van der Waals surface area (Å²) in [5, 5.41) is 9.05. The molecule has 64 valence electrons. The van der Waals surface area contributed by atoms with Crippen molar-refractivity contribution in [3.63, 3.8) is 0 Å². The molecule has 0 saturated heterocycles. The predicted octanol–water partition coefficient (Wildman–Crippen LogP) is 1.91. The molecule has 1 N–H and O–H groups in total. The van der Waals surface area contributed by atoms with E-state index in [1.807, 2.05) is 0 Å². The molecule has 2 nitrogen and oxygen atoms in total. The van der Waals surface area contributed by atoms with Gasteiger partial charge in [0.15, 0.2) is 5.78 Å². The number of phenols is 1. The average Bonchev–Trinajstić information content (AvgIpc) is 2.53. The molecule has 0 aromatic heterocycles. The molecular formula is C11H8O2. The minimum absolute atomic E-state index is 0.0192. The Bertz CT molecular complexity index is 397. The number of ketones is 1. The highest BCUT2D eigenvalue weighted by atomic mass is 16.3. The fraction of sp³-hybridized carbons (Fsp3) is 0. The Morgan fingerprint density at radius 3 is 2.31 bits per heavy atom. The van der Waals surface area contributed by atoms with Crippen molar-refractivity contribution in [2.75, 3.05) is 0 Å². The lowest BCUT2D eigenvalue weighted by molar-refractivity contribution is -0.109. The molecule has 0 amide bonds. The molecule has 1 aromatic carbocycles. The molecule has 1 aromatic rings. The van der Waals surface area contributed by atoms with Crippen LogP contribution in [-0.4, -0.2) is 10.9 Å². The van der Waals surface area contributed by atoms with Crippen LogP contribution in [0.15, 0.2) is 42.5 Å². The quantitative estimate of drug-likeness (QED) is 0.702. The van der Waals surface area contributed by atoms with Crippen LogP contribution in [-0.2, 0) is 4.79 Å². The number of rotatable bonds is 1. The second kappa shape index (κ2) is 2.90. The number of aromatic hydroxyl groups is 1. The van der Waals surface area contributed by atoms with E-state index in [9.17, 15) is 4.79 Å². The molecule has 0 aliphatic heterocycles. The molecule has 13 heavy (non-hydrogen) atoms. The molecule has 2 rings (SSSR count). The molecule has 0 atom stereocenters. The van der Waals surface area contributed by atoms with E-state index >= 15 is 0 Å². The second-order valence-corrected chi connectivity index (χ2v) is 2.85. The van der Waals surface area contributed by atoms with E-state index in [4.69, 9.17) is 5.11 Å². The summed E-state index contributed by atoms with van der Waals surface area (Å²) < 4.78 is 0. The first-order valence-corrected chi connectivity index (χ1v) is 3.99. The van der Waals surface area contributed by atoms with Gasteiger partial charge in [-0.25, -0.2) is 0 Å². The third kappa shape index (κ3) is 1.38.